The Morgan fingerprint density at radius 3 is 2.71 bits per heavy atom. The van der Waals surface area contributed by atoms with Crippen molar-refractivity contribution in [1.29, 1.82) is 0 Å². The third-order valence-corrected chi connectivity index (χ3v) is 7.12. The lowest BCUT2D eigenvalue weighted by molar-refractivity contribution is 0.0849. The van der Waals surface area contributed by atoms with Crippen LogP contribution in [-0.2, 0) is 10.2 Å². The van der Waals surface area contributed by atoms with Crippen molar-refractivity contribution in [2.24, 2.45) is 0 Å². The number of amides is 1. The predicted octanol–water partition coefficient (Wildman–Crippen LogP) is 4.31. The number of thiophene rings is 1. The Morgan fingerprint density at radius 1 is 1.36 bits per heavy atom. The minimum Gasteiger partial charge on any atom is -0.394 e. The monoisotopic (exact) mass is 489 g/mol. The summed E-state index contributed by atoms with van der Waals surface area (Å²) in [7, 11) is -3.75. The van der Waals surface area contributed by atoms with E-state index in [1.807, 2.05) is 0 Å². The van der Waals surface area contributed by atoms with Gasteiger partial charge < -0.3 is 10.4 Å². The van der Waals surface area contributed by atoms with Crippen LogP contribution < -0.4 is 5.32 Å². The lowest BCUT2D eigenvalue weighted by Crippen LogP contribution is -2.31. The summed E-state index contributed by atoms with van der Waals surface area (Å²) < 4.78 is 39.3. The predicted molar refractivity (Wildman–Crippen MR) is 105 cm³/mol. The molecular weight excluding hydrogens is 477 g/mol. The smallest absolute Gasteiger partial charge is 0.394 e. The molecule has 2 heterocycles. The summed E-state index contributed by atoms with van der Waals surface area (Å²) in [6.07, 6.45) is 1.53. The number of aliphatic hydroxyl groups excluding tert-OH is 1. The van der Waals surface area contributed by atoms with Crippen LogP contribution in [-0.4, -0.2) is 27.5 Å². The van der Waals surface area contributed by atoms with Crippen molar-refractivity contribution < 1.29 is 28.1 Å². The number of hydrogen-bond acceptors (Lipinski definition) is 5. The van der Waals surface area contributed by atoms with Crippen molar-refractivity contribution in [2.75, 3.05) is 6.61 Å². The van der Waals surface area contributed by atoms with Crippen LogP contribution in [0, 0.1) is 0 Å². The lowest BCUT2D eigenvalue weighted by Gasteiger charge is -2.15. The second-order valence-electron chi connectivity index (χ2n) is 5.73. The van der Waals surface area contributed by atoms with Crippen LogP contribution in [0.15, 0.2) is 47.1 Å². The zero-order valence-corrected chi connectivity index (χ0v) is 17.3. The van der Waals surface area contributed by atoms with E-state index in [0.717, 1.165) is 0 Å². The van der Waals surface area contributed by atoms with Crippen LogP contribution in [0.1, 0.15) is 27.0 Å². The molecule has 0 bridgehead atoms. The molecule has 0 saturated carbocycles. The quantitative estimate of drug-likeness (QED) is 0.448. The highest BCUT2D eigenvalue weighted by Gasteiger charge is 2.56. The van der Waals surface area contributed by atoms with Crippen LogP contribution >= 0.6 is 35.3 Å². The maximum atomic E-state index is 14.0. The number of alkyl halides is 2. The van der Waals surface area contributed by atoms with Crippen molar-refractivity contribution in [3.8, 4) is 0 Å². The number of aromatic nitrogens is 1. The number of nitrogens with zero attached hydrogens (tertiary/aromatic N) is 1. The van der Waals surface area contributed by atoms with E-state index >= 15 is 0 Å². The van der Waals surface area contributed by atoms with E-state index in [4.69, 9.17) is 4.89 Å². The fourth-order valence-electron chi connectivity index (χ4n) is 2.53. The molecule has 146 valence electrons. The van der Waals surface area contributed by atoms with Gasteiger partial charge in [0.1, 0.15) is 4.88 Å². The normalized spacial score (nSPS) is 13.4. The number of halogens is 3. The second kappa shape index (κ2) is 8.26. The zero-order valence-electron chi connectivity index (χ0n) is 14.0. The molecule has 2 aromatic heterocycles. The van der Waals surface area contributed by atoms with Crippen LogP contribution in [0.3, 0.4) is 0 Å². The van der Waals surface area contributed by atoms with Gasteiger partial charge in [0.2, 0.25) is 0 Å². The zero-order chi connectivity index (χ0) is 20.5. The summed E-state index contributed by atoms with van der Waals surface area (Å²) >= 11 is 3.72. The first-order valence-electron chi connectivity index (χ1n) is 7.85. The summed E-state index contributed by atoms with van der Waals surface area (Å²) in [5.41, 5.74) is -3.24. The molecule has 11 heteroatoms. The van der Waals surface area contributed by atoms with E-state index in [9.17, 15) is 23.2 Å². The number of rotatable bonds is 6. The van der Waals surface area contributed by atoms with Crippen LogP contribution in [0.4, 0.5) is 8.78 Å². The SMILES string of the molecule is O=C(NC(CO)c1ccccn1)c1ccc2sc(C(F)(F)[P+](=O)O)c(Br)c2c1. The minimum atomic E-state index is -3.90. The van der Waals surface area contributed by atoms with Crippen molar-refractivity contribution in [2.45, 2.75) is 11.7 Å². The van der Waals surface area contributed by atoms with Gasteiger partial charge in [0.25, 0.3) is 5.91 Å². The molecule has 3 N–H and O–H groups in total. The van der Waals surface area contributed by atoms with E-state index < -0.39 is 30.5 Å². The maximum Gasteiger partial charge on any atom is 0.590 e. The molecule has 28 heavy (non-hydrogen) atoms. The number of hydrogen-bond donors (Lipinski definition) is 3. The Bertz CT molecular complexity index is 1050. The van der Waals surface area contributed by atoms with Crippen molar-refractivity contribution in [3.05, 3.63) is 63.2 Å². The molecule has 0 aliphatic rings. The molecule has 1 amide bonds. The molecule has 2 unspecified atom stereocenters. The molecule has 0 aliphatic carbocycles. The summed E-state index contributed by atoms with van der Waals surface area (Å²) in [5, 5.41) is 12.5. The average molecular weight is 490 g/mol. The molecule has 3 aromatic rings. The highest BCUT2D eigenvalue weighted by Crippen LogP contribution is 2.54. The number of nitrogens with one attached hydrogen (secondary N) is 1. The molecular formula is C17H13BrF2N2O4PS+. The number of pyridine rings is 1. The van der Waals surface area contributed by atoms with E-state index in [0.29, 0.717) is 27.1 Å². The minimum absolute atomic E-state index is 0.0343. The summed E-state index contributed by atoms with van der Waals surface area (Å²) in [5.74, 6) is -0.522. The fourth-order valence-corrected chi connectivity index (χ4v) is 5.24. The molecule has 2 atom stereocenters. The third-order valence-electron chi connectivity index (χ3n) is 3.94. The molecule has 0 fully saturated rings. The molecule has 1 aromatic carbocycles. The van der Waals surface area contributed by atoms with Gasteiger partial charge in [0, 0.05) is 21.8 Å². The van der Waals surface area contributed by atoms with Gasteiger partial charge in [-0.3, -0.25) is 9.78 Å². The summed E-state index contributed by atoms with van der Waals surface area (Å²) in [6, 6.07) is 8.70. The van der Waals surface area contributed by atoms with E-state index in [1.54, 1.807) is 18.2 Å². The number of carbonyl (C=O) groups is 1. The number of fused-ring (bicyclic) bond motifs is 1. The van der Waals surface area contributed by atoms with Gasteiger partial charge in [0.15, 0.2) is 0 Å². The topological polar surface area (TPSA) is 99.5 Å². The molecule has 3 rings (SSSR count). The molecule has 6 nitrogen and oxygen atoms in total. The van der Waals surface area contributed by atoms with Gasteiger partial charge in [-0.2, -0.15) is 4.89 Å². The summed E-state index contributed by atoms with van der Waals surface area (Å²) in [4.78, 5) is 25.0. The first-order valence-corrected chi connectivity index (χ1v) is 10.7. The Morgan fingerprint density at radius 2 is 2.11 bits per heavy atom. The maximum absolute atomic E-state index is 14.0. The Kier molecular flexibility index (Phi) is 6.16. The van der Waals surface area contributed by atoms with Crippen molar-refractivity contribution in [3.63, 3.8) is 0 Å². The Balaban J connectivity index is 1.92. The van der Waals surface area contributed by atoms with Gasteiger partial charge in [-0.25, -0.2) is 0 Å². The lowest BCUT2D eigenvalue weighted by atomic mass is 10.1. The van der Waals surface area contributed by atoms with Gasteiger partial charge in [0.05, 0.1) is 22.8 Å². The van der Waals surface area contributed by atoms with Gasteiger partial charge >= 0.3 is 13.7 Å². The first kappa shape index (κ1) is 20.9. The molecule has 0 saturated heterocycles. The van der Waals surface area contributed by atoms with Crippen LogP contribution in [0.25, 0.3) is 10.1 Å². The van der Waals surface area contributed by atoms with E-state index in [1.165, 1.54) is 24.4 Å². The summed E-state index contributed by atoms with van der Waals surface area (Å²) in [6.45, 7) is -0.368. The highest BCUT2D eigenvalue weighted by molar-refractivity contribution is 9.10. The van der Waals surface area contributed by atoms with E-state index in [-0.39, 0.29) is 16.6 Å². The van der Waals surface area contributed by atoms with Gasteiger partial charge in [-0.15, -0.1) is 20.1 Å². The first-order chi connectivity index (χ1) is 13.3. The van der Waals surface area contributed by atoms with Crippen molar-refractivity contribution >= 4 is 51.3 Å². The van der Waals surface area contributed by atoms with Crippen LogP contribution in [0.2, 0.25) is 0 Å². The Hall–Kier alpha value is -1.84. The number of benzene rings is 1. The average Bonchev–Trinajstić information content (AvgIpc) is 3.03. The second-order valence-corrected chi connectivity index (χ2v) is 8.69. The fraction of sp³-hybridized carbons (Fsp3) is 0.176. The number of carbonyl (C=O) groups excluding carboxylic acids is 1. The van der Waals surface area contributed by atoms with Gasteiger partial charge in [-0.1, -0.05) is 6.07 Å². The Labute approximate surface area is 171 Å². The molecule has 0 aliphatic heterocycles. The van der Waals surface area contributed by atoms with E-state index in [2.05, 4.69) is 26.2 Å². The van der Waals surface area contributed by atoms with Crippen molar-refractivity contribution in [1.82, 2.24) is 10.3 Å². The van der Waals surface area contributed by atoms with Crippen LogP contribution in [0.5, 0.6) is 0 Å². The molecule has 0 spiro atoms. The number of aliphatic hydroxyl groups is 1. The van der Waals surface area contributed by atoms with Gasteiger partial charge in [-0.05, 0) is 50.8 Å². The highest BCUT2D eigenvalue weighted by atomic mass is 79.9. The largest absolute Gasteiger partial charge is 0.590 e. The standard InChI is InChI=1S/C17H12BrF2N2O4PS/c18-14-10-7-9(4-5-13(10)28-15(14)17(19,20)27(25)26)16(24)22-12(8-23)11-3-1-2-6-21-11/h1-7,12,23H,8H2,(H-,22,24,25,26)/p+1. The third kappa shape index (κ3) is 3.97. The molecule has 0 radical (unpaired) electrons.